The Bertz CT molecular complexity index is 485. The maximum absolute atomic E-state index is 12.3. The first-order valence-corrected chi connectivity index (χ1v) is 6.99. The minimum Gasteiger partial charge on any atom is -0.465 e. The van der Waals surface area contributed by atoms with Gasteiger partial charge in [-0.25, -0.2) is 4.79 Å². The van der Waals surface area contributed by atoms with Gasteiger partial charge < -0.3 is 18.9 Å². The minimum atomic E-state index is -3.71. The number of esters is 1. The number of hydrogen-bond acceptors (Lipinski definition) is 6. The van der Waals surface area contributed by atoms with Crippen LogP contribution in [0.4, 0.5) is 0 Å². The van der Waals surface area contributed by atoms with E-state index in [4.69, 9.17) is 9.05 Å². The van der Waals surface area contributed by atoms with E-state index in [1.54, 1.807) is 0 Å². The maximum atomic E-state index is 12.3. The van der Waals surface area contributed by atoms with E-state index >= 15 is 0 Å². The van der Waals surface area contributed by atoms with Gasteiger partial charge >= 0.3 is 13.6 Å². The van der Waals surface area contributed by atoms with Gasteiger partial charge in [-0.05, 0) is 24.6 Å². The molecule has 6 nitrogen and oxygen atoms in total. The third-order valence-corrected chi connectivity index (χ3v) is 5.15. The summed E-state index contributed by atoms with van der Waals surface area (Å²) >= 11 is 0. The van der Waals surface area contributed by atoms with Crippen LogP contribution in [0.5, 0.6) is 0 Å². The molecule has 0 radical (unpaired) electrons. The van der Waals surface area contributed by atoms with Crippen LogP contribution >= 0.6 is 7.60 Å². The van der Waals surface area contributed by atoms with Crippen molar-refractivity contribution in [1.29, 1.82) is 0 Å². The van der Waals surface area contributed by atoms with E-state index in [1.807, 2.05) is 0 Å². The van der Waals surface area contributed by atoms with E-state index in [0.29, 0.717) is 11.1 Å². The monoisotopic (exact) mass is 288 g/mol. The van der Waals surface area contributed by atoms with Crippen molar-refractivity contribution in [3.63, 3.8) is 0 Å². The number of hydrogen-bond donors (Lipinski definition) is 1. The molecule has 7 heteroatoms. The highest BCUT2D eigenvalue weighted by molar-refractivity contribution is 7.54. The van der Waals surface area contributed by atoms with Gasteiger partial charge in [0.05, 0.1) is 12.7 Å². The summed E-state index contributed by atoms with van der Waals surface area (Å²) < 4.78 is 26.4. The highest BCUT2D eigenvalue weighted by Gasteiger charge is 2.46. The van der Waals surface area contributed by atoms with Gasteiger partial charge in [0.25, 0.3) is 0 Å². The molecule has 1 N–H and O–H groups in total. The molecule has 1 rings (SSSR count). The Morgan fingerprint density at radius 1 is 1.16 bits per heavy atom. The Labute approximate surface area is 111 Å². The fourth-order valence-corrected chi connectivity index (χ4v) is 2.95. The number of aliphatic hydroxyl groups is 1. The first kappa shape index (κ1) is 15.9. The van der Waals surface area contributed by atoms with Gasteiger partial charge in [0, 0.05) is 14.2 Å². The van der Waals surface area contributed by atoms with Crippen molar-refractivity contribution in [3.05, 3.63) is 35.4 Å². The van der Waals surface area contributed by atoms with Gasteiger partial charge in [-0.3, -0.25) is 4.57 Å². The van der Waals surface area contributed by atoms with Gasteiger partial charge in [0.15, 0.2) is 5.34 Å². The van der Waals surface area contributed by atoms with E-state index in [2.05, 4.69) is 4.74 Å². The van der Waals surface area contributed by atoms with E-state index in [-0.39, 0.29) is 0 Å². The Morgan fingerprint density at radius 2 is 1.63 bits per heavy atom. The first-order chi connectivity index (χ1) is 8.82. The lowest BCUT2D eigenvalue weighted by atomic mass is 10.1. The summed E-state index contributed by atoms with van der Waals surface area (Å²) in [5, 5.41) is 8.55. The van der Waals surface area contributed by atoms with E-state index in [9.17, 15) is 14.5 Å². The number of benzene rings is 1. The normalized spacial score (nSPS) is 14.8. The summed E-state index contributed by atoms with van der Waals surface area (Å²) in [6.45, 7) is 1.33. The van der Waals surface area contributed by atoms with Crippen molar-refractivity contribution in [2.75, 3.05) is 21.3 Å². The zero-order chi connectivity index (χ0) is 14.7. The fraction of sp³-hybridized carbons (Fsp3) is 0.417. The van der Waals surface area contributed by atoms with Crippen LogP contribution in [-0.4, -0.2) is 32.4 Å². The zero-order valence-corrected chi connectivity index (χ0v) is 12.1. The van der Waals surface area contributed by atoms with Crippen LogP contribution in [-0.2, 0) is 23.7 Å². The Hall–Kier alpha value is -1.20. The third-order valence-electron chi connectivity index (χ3n) is 2.87. The average Bonchev–Trinajstić information content (AvgIpc) is 2.45. The summed E-state index contributed by atoms with van der Waals surface area (Å²) in [5.41, 5.74) is 0.638. The second-order valence-corrected chi connectivity index (χ2v) is 6.55. The van der Waals surface area contributed by atoms with Crippen LogP contribution in [0.15, 0.2) is 24.3 Å². The third kappa shape index (κ3) is 2.87. The van der Waals surface area contributed by atoms with Crippen LogP contribution in [0.25, 0.3) is 0 Å². The van der Waals surface area contributed by atoms with Crippen molar-refractivity contribution < 1.29 is 28.3 Å². The highest BCUT2D eigenvalue weighted by Crippen LogP contribution is 2.62. The van der Waals surface area contributed by atoms with Crippen molar-refractivity contribution in [2.24, 2.45) is 0 Å². The Kier molecular flexibility index (Phi) is 4.87. The molecule has 0 saturated carbocycles. The second-order valence-electron chi connectivity index (χ2n) is 3.95. The van der Waals surface area contributed by atoms with Crippen molar-refractivity contribution >= 4 is 13.6 Å². The SMILES string of the molecule is COC(=O)c1ccc(C(C)(O)P(=O)(OC)OC)cc1. The summed E-state index contributed by atoms with van der Waals surface area (Å²) in [6.07, 6.45) is 0. The van der Waals surface area contributed by atoms with E-state index < -0.39 is 18.9 Å². The van der Waals surface area contributed by atoms with Crippen LogP contribution in [0.1, 0.15) is 22.8 Å². The fourth-order valence-electron chi connectivity index (χ4n) is 1.63. The van der Waals surface area contributed by atoms with E-state index in [1.165, 1.54) is 52.5 Å². The molecule has 1 aromatic carbocycles. The van der Waals surface area contributed by atoms with Crippen LogP contribution < -0.4 is 0 Å². The number of carbonyl (C=O) groups excluding carboxylic acids is 1. The molecule has 0 amide bonds. The van der Waals surface area contributed by atoms with Gasteiger partial charge in [-0.15, -0.1) is 0 Å². The molecule has 19 heavy (non-hydrogen) atoms. The number of rotatable bonds is 5. The molecular formula is C12H17O6P. The maximum Gasteiger partial charge on any atom is 0.365 e. The summed E-state index contributed by atoms with van der Waals surface area (Å²) in [6, 6.07) is 5.87. The molecule has 1 unspecified atom stereocenters. The number of methoxy groups -OCH3 is 1. The van der Waals surface area contributed by atoms with Gasteiger partial charge in [-0.2, -0.15) is 0 Å². The zero-order valence-electron chi connectivity index (χ0n) is 11.2. The molecule has 0 aromatic heterocycles. The lowest BCUT2D eigenvalue weighted by molar-refractivity contribution is 0.0600. The van der Waals surface area contributed by atoms with Crippen molar-refractivity contribution in [2.45, 2.75) is 12.3 Å². The second kappa shape index (κ2) is 5.84. The summed E-state index contributed by atoms with van der Waals surface area (Å²) in [7, 11) is -0.0461. The van der Waals surface area contributed by atoms with E-state index in [0.717, 1.165) is 0 Å². The van der Waals surface area contributed by atoms with Crippen molar-refractivity contribution in [3.8, 4) is 0 Å². The highest BCUT2D eigenvalue weighted by atomic mass is 31.2. The van der Waals surface area contributed by atoms with Crippen LogP contribution in [0.3, 0.4) is 0 Å². The molecule has 0 bridgehead atoms. The molecule has 1 atom stereocenters. The lowest BCUT2D eigenvalue weighted by Gasteiger charge is -2.30. The molecule has 106 valence electrons. The molecule has 0 saturated heterocycles. The minimum absolute atomic E-state index is 0.312. The first-order valence-electron chi connectivity index (χ1n) is 5.45. The van der Waals surface area contributed by atoms with Gasteiger partial charge in [0.2, 0.25) is 0 Å². The molecule has 0 heterocycles. The standard InChI is InChI=1S/C12H17O6P/c1-12(14,19(15,17-3)18-4)10-7-5-9(6-8-10)11(13)16-2/h5-8,14H,1-4H3. The number of carbonyl (C=O) groups is 1. The predicted molar refractivity (Wildman–Crippen MR) is 69.0 cm³/mol. The summed E-state index contributed by atoms with van der Waals surface area (Å²) in [4.78, 5) is 11.3. The molecular weight excluding hydrogens is 271 g/mol. The quantitative estimate of drug-likeness (QED) is 0.660. The van der Waals surface area contributed by atoms with Crippen LogP contribution in [0.2, 0.25) is 0 Å². The van der Waals surface area contributed by atoms with Crippen LogP contribution in [0, 0.1) is 0 Å². The predicted octanol–water partition coefficient (Wildman–Crippen LogP) is 2.12. The van der Waals surface area contributed by atoms with Gasteiger partial charge in [-0.1, -0.05) is 12.1 Å². The number of ether oxygens (including phenoxy) is 1. The molecule has 1 aromatic rings. The smallest absolute Gasteiger partial charge is 0.365 e. The Morgan fingerprint density at radius 3 is 2.00 bits per heavy atom. The molecule has 0 aliphatic heterocycles. The largest absolute Gasteiger partial charge is 0.465 e. The lowest BCUT2D eigenvalue weighted by Crippen LogP contribution is -2.23. The Balaban J connectivity index is 3.16. The molecule has 0 fully saturated rings. The molecule has 0 aliphatic rings. The molecule has 0 spiro atoms. The average molecular weight is 288 g/mol. The van der Waals surface area contributed by atoms with Crippen molar-refractivity contribution in [1.82, 2.24) is 0 Å². The summed E-state index contributed by atoms with van der Waals surface area (Å²) in [5.74, 6) is -0.493. The topological polar surface area (TPSA) is 82.1 Å². The van der Waals surface area contributed by atoms with Gasteiger partial charge in [0.1, 0.15) is 0 Å². The molecule has 0 aliphatic carbocycles.